The highest BCUT2D eigenvalue weighted by Crippen LogP contribution is 2.28. The number of hydrogen-bond acceptors (Lipinski definition) is 4. The SMILES string of the molecule is CC(Oc1ccc(Cl)cc1)C(=O)Nc1nc2ccc(Cl)cc2s1. The molecular formula is C16H12Cl2N2O2S. The second-order valence-electron chi connectivity index (χ2n) is 4.83. The lowest BCUT2D eigenvalue weighted by atomic mass is 10.3. The molecule has 1 N–H and O–H groups in total. The van der Waals surface area contributed by atoms with E-state index in [1.165, 1.54) is 11.3 Å². The number of amides is 1. The lowest BCUT2D eigenvalue weighted by Gasteiger charge is -2.13. The van der Waals surface area contributed by atoms with E-state index < -0.39 is 6.10 Å². The summed E-state index contributed by atoms with van der Waals surface area (Å²) < 4.78 is 6.50. The summed E-state index contributed by atoms with van der Waals surface area (Å²) in [6, 6.07) is 12.2. The topological polar surface area (TPSA) is 51.2 Å². The number of carbonyl (C=O) groups is 1. The van der Waals surface area contributed by atoms with Crippen molar-refractivity contribution in [3.05, 3.63) is 52.5 Å². The van der Waals surface area contributed by atoms with E-state index >= 15 is 0 Å². The first-order chi connectivity index (χ1) is 11.0. The van der Waals surface area contributed by atoms with Crippen LogP contribution in [0.15, 0.2) is 42.5 Å². The number of nitrogens with zero attached hydrogens (tertiary/aromatic N) is 1. The lowest BCUT2D eigenvalue weighted by Crippen LogP contribution is -2.30. The number of fused-ring (bicyclic) bond motifs is 1. The Kier molecular flexibility index (Phi) is 4.71. The number of rotatable bonds is 4. The van der Waals surface area contributed by atoms with Crippen molar-refractivity contribution in [3.63, 3.8) is 0 Å². The molecule has 0 saturated heterocycles. The van der Waals surface area contributed by atoms with Crippen LogP contribution in [0, 0.1) is 0 Å². The van der Waals surface area contributed by atoms with Crippen LogP contribution in [-0.4, -0.2) is 17.0 Å². The van der Waals surface area contributed by atoms with E-state index in [1.54, 1.807) is 37.3 Å². The number of aromatic nitrogens is 1. The van der Waals surface area contributed by atoms with Crippen LogP contribution in [0.3, 0.4) is 0 Å². The molecule has 0 fully saturated rings. The van der Waals surface area contributed by atoms with Gasteiger partial charge in [-0.2, -0.15) is 0 Å². The van der Waals surface area contributed by atoms with Crippen molar-refractivity contribution in [1.82, 2.24) is 4.98 Å². The van der Waals surface area contributed by atoms with E-state index in [9.17, 15) is 4.79 Å². The molecule has 118 valence electrons. The highest BCUT2D eigenvalue weighted by molar-refractivity contribution is 7.22. The van der Waals surface area contributed by atoms with Gasteiger partial charge < -0.3 is 4.74 Å². The standard InChI is InChI=1S/C16H12Cl2N2O2S/c1-9(22-12-5-2-10(17)3-6-12)15(21)20-16-19-13-7-4-11(18)8-14(13)23-16/h2-9H,1H3,(H,19,20,21). The molecule has 1 unspecified atom stereocenters. The highest BCUT2D eigenvalue weighted by Gasteiger charge is 2.16. The summed E-state index contributed by atoms with van der Waals surface area (Å²) in [4.78, 5) is 16.6. The van der Waals surface area contributed by atoms with Gasteiger partial charge in [-0.25, -0.2) is 4.98 Å². The molecule has 0 radical (unpaired) electrons. The van der Waals surface area contributed by atoms with Crippen LogP contribution in [0.2, 0.25) is 10.0 Å². The maximum atomic E-state index is 12.2. The zero-order valence-corrected chi connectivity index (χ0v) is 14.4. The number of halogens is 2. The molecule has 1 amide bonds. The van der Waals surface area contributed by atoms with Crippen LogP contribution < -0.4 is 10.1 Å². The van der Waals surface area contributed by atoms with Crippen molar-refractivity contribution in [1.29, 1.82) is 0 Å². The molecule has 0 spiro atoms. The normalized spacial score (nSPS) is 12.1. The smallest absolute Gasteiger partial charge is 0.266 e. The average Bonchev–Trinajstić information content (AvgIpc) is 2.90. The third-order valence-corrected chi connectivity index (χ3v) is 4.50. The fourth-order valence-electron chi connectivity index (χ4n) is 1.93. The van der Waals surface area contributed by atoms with Gasteiger partial charge in [-0.05, 0) is 49.4 Å². The first-order valence-corrected chi connectivity index (χ1v) is 8.38. The summed E-state index contributed by atoms with van der Waals surface area (Å²) in [6.07, 6.45) is -0.660. The molecule has 0 aliphatic carbocycles. The number of nitrogens with one attached hydrogen (secondary N) is 1. The van der Waals surface area contributed by atoms with Gasteiger partial charge in [0, 0.05) is 10.0 Å². The Hall–Kier alpha value is -1.82. The van der Waals surface area contributed by atoms with E-state index in [-0.39, 0.29) is 5.91 Å². The molecule has 0 aliphatic heterocycles. The summed E-state index contributed by atoms with van der Waals surface area (Å²) in [6.45, 7) is 1.67. The molecule has 0 saturated carbocycles. The number of hydrogen-bond donors (Lipinski definition) is 1. The van der Waals surface area contributed by atoms with Gasteiger partial charge in [0.1, 0.15) is 5.75 Å². The molecule has 0 aliphatic rings. The summed E-state index contributed by atoms with van der Waals surface area (Å²) in [7, 11) is 0. The molecule has 1 heterocycles. The molecule has 3 aromatic rings. The minimum Gasteiger partial charge on any atom is -0.481 e. The van der Waals surface area contributed by atoms with Crippen molar-refractivity contribution in [2.24, 2.45) is 0 Å². The summed E-state index contributed by atoms with van der Waals surface area (Å²) in [5, 5.41) is 4.52. The van der Waals surface area contributed by atoms with E-state index in [0.717, 1.165) is 10.2 Å². The predicted octanol–water partition coefficient (Wildman–Crippen LogP) is 5.01. The molecule has 1 atom stereocenters. The first-order valence-electron chi connectivity index (χ1n) is 6.80. The largest absolute Gasteiger partial charge is 0.481 e. The molecular weight excluding hydrogens is 355 g/mol. The Morgan fingerprint density at radius 2 is 1.87 bits per heavy atom. The summed E-state index contributed by atoms with van der Waals surface area (Å²) in [5.41, 5.74) is 0.793. The average molecular weight is 367 g/mol. The quantitative estimate of drug-likeness (QED) is 0.705. The van der Waals surface area contributed by atoms with Gasteiger partial charge >= 0.3 is 0 Å². The van der Waals surface area contributed by atoms with Crippen molar-refractivity contribution < 1.29 is 9.53 Å². The van der Waals surface area contributed by atoms with Crippen LogP contribution in [0.5, 0.6) is 5.75 Å². The zero-order chi connectivity index (χ0) is 16.4. The Balaban J connectivity index is 1.68. The van der Waals surface area contributed by atoms with Gasteiger partial charge in [-0.3, -0.25) is 10.1 Å². The number of ether oxygens (including phenoxy) is 1. The molecule has 0 bridgehead atoms. The Bertz CT molecular complexity index is 849. The van der Waals surface area contributed by atoms with Crippen LogP contribution >= 0.6 is 34.5 Å². The number of carbonyl (C=O) groups excluding carboxylic acids is 1. The maximum Gasteiger partial charge on any atom is 0.266 e. The van der Waals surface area contributed by atoms with E-state index in [1.807, 2.05) is 12.1 Å². The van der Waals surface area contributed by atoms with Gasteiger partial charge in [0.2, 0.25) is 0 Å². The minimum atomic E-state index is -0.660. The van der Waals surface area contributed by atoms with Gasteiger partial charge in [0.05, 0.1) is 10.2 Å². The van der Waals surface area contributed by atoms with Crippen molar-refractivity contribution in [3.8, 4) is 5.75 Å². The summed E-state index contributed by atoms with van der Waals surface area (Å²) in [5.74, 6) is 0.304. The Labute approximate surface area is 147 Å². The molecule has 4 nitrogen and oxygen atoms in total. The Morgan fingerprint density at radius 3 is 2.61 bits per heavy atom. The first kappa shape index (κ1) is 16.1. The molecule has 7 heteroatoms. The number of anilines is 1. The molecule has 2 aromatic carbocycles. The molecule has 1 aromatic heterocycles. The van der Waals surface area contributed by atoms with Gasteiger partial charge in [-0.15, -0.1) is 0 Å². The van der Waals surface area contributed by atoms with Crippen molar-refractivity contribution >= 4 is 55.8 Å². The van der Waals surface area contributed by atoms with Crippen LogP contribution in [0.1, 0.15) is 6.92 Å². The highest BCUT2D eigenvalue weighted by atomic mass is 35.5. The van der Waals surface area contributed by atoms with Gasteiger partial charge in [-0.1, -0.05) is 34.5 Å². The second kappa shape index (κ2) is 6.74. The number of thiazole rings is 1. The second-order valence-corrected chi connectivity index (χ2v) is 6.74. The van der Waals surface area contributed by atoms with Crippen LogP contribution in [0.25, 0.3) is 10.2 Å². The van der Waals surface area contributed by atoms with Gasteiger partial charge in [0.25, 0.3) is 5.91 Å². The Morgan fingerprint density at radius 1 is 1.17 bits per heavy atom. The van der Waals surface area contributed by atoms with Crippen LogP contribution in [-0.2, 0) is 4.79 Å². The third kappa shape index (κ3) is 3.93. The molecule has 3 rings (SSSR count). The monoisotopic (exact) mass is 366 g/mol. The van der Waals surface area contributed by atoms with Gasteiger partial charge in [0.15, 0.2) is 11.2 Å². The van der Waals surface area contributed by atoms with Crippen LogP contribution in [0.4, 0.5) is 5.13 Å². The van der Waals surface area contributed by atoms with Crippen molar-refractivity contribution in [2.45, 2.75) is 13.0 Å². The van der Waals surface area contributed by atoms with Crippen molar-refractivity contribution in [2.75, 3.05) is 5.32 Å². The number of benzene rings is 2. The fraction of sp³-hybridized carbons (Fsp3) is 0.125. The van der Waals surface area contributed by atoms with E-state index in [2.05, 4.69) is 10.3 Å². The van der Waals surface area contributed by atoms with E-state index in [4.69, 9.17) is 27.9 Å². The van der Waals surface area contributed by atoms with E-state index in [0.29, 0.717) is 20.9 Å². The molecule has 23 heavy (non-hydrogen) atoms. The third-order valence-electron chi connectivity index (χ3n) is 3.08. The lowest BCUT2D eigenvalue weighted by molar-refractivity contribution is -0.122. The fourth-order valence-corrected chi connectivity index (χ4v) is 3.20. The summed E-state index contributed by atoms with van der Waals surface area (Å²) >= 11 is 13.1. The maximum absolute atomic E-state index is 12.2. The predicted molar refractivity (Wildman–Crippen MR) is 94.8 cm³/mol. The zero-order valence-electron chi connectivity index (χ0n) is 12.0. The minimum absolute atomic E-state index is 0.273.